The maximum absolute atomic E-state index is 13.2. The van der Waals surface area contributed by atoms with E-state index >= 15 is 0 Å². The minimum Gasteiger partial charge on any atom is -0.494 e. The zero-order chi connectivity index (χ0) is 34.8. The molecule has 0 aromatic heterocycles. The number of unbranched alkanes of at least 4 members (excludes halogenated alkanes) is 6. The molecule has 2 aliphatic carbocycles. The van der Waals surface area contributed by atoms with Gasteiger partial charge in [0.2, 0.25) is 0 Å². The Balaban J connectivity index is 1.12. The van der Waals surface area contributed by atoms with Gasteiger partial charge >= 0.3 is 0 Å². The van der Waals surface area contributed by atoms with Crippen molar-refractivity contribution in [2.24, 2.45) is 23.2 Å². The third kappa shape index (κ3) is 11.0. The molecule has 0 N–H and O–H groups in total. The van der Waals surface area contributed by atoms with E-state index in [1.54, 1.807) is 24.3 Å². The fraction of sp³-hybridized carbons (Fsp3) is 0.846. The molecule has 0 spiro atoms. The third-order valence-electron chi connectivity index (χ3n) is 12.2. The van der Waals surface area contributed by atoms with Gasteiger partial charge in [0, 0.05) is 19.3 Å². The Morgan fingerprint density at radius 3 is 2.21 bits per heavy atom. The molecule has 3 aliphatic rings. The van der Waals surface area contributed by atoms with Crippen LogP contribution in [0.2, 0.25) is 18.1 Å². The Morgan fingerprint density at radius 1 is 0.896 bits per heavy atom. The summed E-state index contributed by atoms with van der Waals surface area (Å²) in [6.07, 6.45) is 17.6. The smallest absolute Gasteiger partial charge is 0.296 e. The van der Waals surface area contributed by atoms with Gasteiger partial charge in [0.15, 0.2) is 14.6 Å². The van der Waals surface area contributed by atoms with Crippen LogP contribution in [0.15, 0.2) is 29.2 Å². The summed E-state index contributed by atoms with van der Waals surface area (Å²) in [6.45, 7) is 18.8. The lowest BCUT2D eigenvalue weighted by Gasteiger charge is -2.49. The zero-order valence-corrected chi connectivity index (χ0v) is 33.2. The molecule has 6 atom stereocenters. The van der Waals surface area contributed by atoms with Crippen LogP contribution in [-0.2, 0) is 28.2 Å². The van der Waals surface area contributed by atoms with Crippen LogP contribution in [0.3, 0.4) is 0 Å². The van der Waals surface area contributed by atoms with Gasteiger partial charge in [0.05, 0.1) is 18.1 Å². The summed E-state index contributed by atoms with van der Waals surface area (Å²) in [5.41, 5.74) is 0.163. The molecule has 1 aromatic rings. The van der Waals surface area contributed by atoms with E-state index in [-0.39, 0.29) is 34.2 Å². The summed E-state index contributed by atoms with van der Waals surface area (Å²) in [4.78, 5) is 0.190. The Kier molecular flexibility index (Phi) is 14.9. The second kappa shape index (κ2) is 18.0. The van der Waals surface area contributed by atoms with E-state index < -0.39 is 18.4 Å². The molecule has 0 amide bonds. The lowest BCUT2D eigenvalue weighted by molar-refractivity contribution is -0.162. The third-order valence-corrected chi connectivity index (χ3v) is 18.0. The first-order valence-corrected chi connectivity index (χ1v) is 23.6. The molecule has 48 heavy (non-hydrogen) atoms. The minimum atomic E-state index is -3.84. The number of benzene rings is 1. The maximum Gasteiger partial charge on any atom is 0.296 e. The van der Waals surface area contributed by atoms with Crippen LogP contribution in [0.1, 0.15) is 131 Å². The molecule has 1 aromatic carbocycles. The molecule has 1 aliphatic heterocycles. The average Bonchev–Trinajstić information content (AvgIpc) is 3.40. The van der Waals surface area contributed by atoms with E-state index in [1.807, 2.05) is 0 Å². The molecular weight excluding hydrogens is 641 g/mol. The summed E-state index contributed by atoms with van der Waals surface area (Å²) < 4.78 is 56.3. The van der Waals surface area contributed by atoms with Gasteiger partial charge in [-0.05, 0) is 123 Å². The van der Waals surface area contributed by atoms with Crippen LogP contribution < -0.4 is 4.74 Å². The molecule has 0 bridgehead atoms. The van der Waals surface area contributed by atoms with Crippen molar-refractivity contribution in [2.45, 2.75) is 166 Å². The van der Waals surface area contributed by atoms with Crippen molar-refractivity contribution in [3.05, 3.63) is 24.3 Å². The number of ether oxygens (including phenoxy) is 3. The number of hydrogen-bond acceptors (Lipinski definition) is 7. The predicted molar refractivity (Wildman–Crippen MR) is 196 cm³/mol. The molecule has 1 unspecified atom stereocenters. The van der Waals surface area contributed by atoms with E-state index in [0.717, 1.165) is 64.6 Å². The quantitative estimate of drug-likeness (QED) is 0.0804. The van der Waals surface area contributed by atoms with Crippen molar-refractivity contribution in [1.82, 2.24) is 0 Å². The SMILES string of the molecule is C[C@@H](COS(=O)(=O)c1ccc(OCCCCCCCCCOC2CCCCO2)cc1)[C@H]1CC[C@H]2[C@@H](O[Si](C)(C)C(C)(C)C)CCC[C@]12C. The van der Waals surface area contributed by atoms with Crippen molar-refractivity contribution < 1.29 is 31.2 Å². The fourth-order valence-corrected chi connectivity index (χ4v) is 10.6. The van der Waals surface area contributed by atoms with E-state index in [0.29, 0.717) is 30.3 Å². The molecule has 3 fully saturated rings. The lowest BCUT2D eigenvalue weighted by Crippen LogP contribution is -2.50. The van der Waals surface area contributed by atoms with Crippen molar-refractivity contribution in [1.29, 1.82) is 0 Å². The normalized spacial score (nSPS) is 27.5. The summed E-state index contributed by atoms with van der Waals surface area (Å²) in [6, 6.07) is 6.70. The Hall–Kier alpha value is -0.973. The van der Waals surface area contributed by atoms with Gasteiger partial charge in [0.1, 0.15) is 5.75 Å². The number of rotatable bonds is 19. The van der Waals surface area contributed by atoms with E-state index in [4.69, 9.17) is 22.8 Å². The van der Waals surface area contributed by atoms with Gasteiger partial charge in [-0.25, -0.2) is 0 Å². The summed E-state index contributed by atoms with van der Waals surface area (Å²) >= 11 is 0. The first kappa shape index (κ1) is 39.8. The molecule has 276 valence electrons. The Morgan fingerprint density at radius 2 is 1.56 bits per heavy atom. The van der Waals surface area contributed by atoms with E-state index in [1.165, 1.54) is 44.9 Å². The predicted octanol–water partition coefficient (Wildman–Crippen LogP) is 10.3. The summed E-state index contributed by atoms with van der Waals surface area (Å²) in [5, 5.41) is 0.194. The Labute approximate surface area is 294 Å². The topological polar surface area (TPSA) is 80.3 Å². The van der Waals surface area contributed by atoms with Crippen molar-refractivity contribution in [3.63, 3.8) is 0 Å². The first-order valence-electron chi connectivity index (χ1n) is 19.3. The molecule has 2 saturated carbocycles. The van der Waals surface area contributed by atoms with Crippen LogP contribution in [0.25, 0.3) is 0 Å². The van der Waals surface area contributed by atoms with Gasteiger partial charge in [-0.2, -0.15) is 8.42 Å². The first-order chi connectivity index (χ1) is 22.7. The highest BCUT2D eigenvalue weighted by Gasteiger charge is 2.54. The monoisotopic (exact) mass is 708 g/mol. The number of fused-ring (bicyclic) bond motifs is 1. The van der Waals surface area contributed by atoms with Gasteiger partial charge in [-0.1, -0.05) is 73.1 Å². The van der Waals surface area contributed by atoms with E-state index in [9.17, 15) is 8.42 Å². The molecular formula is C39H68O7SSi. The molecule has 0 radical (unpaired) electrons. The lowest BCUT2D eigenvalue weighted by atomic mass is 9.62. The average molecular weight is 709 g/mol. The zero-order valence-electron chi connectivity index (χ0n) is 31.4. The molecule has 1 heterocycles. The van der Waals surface area contributed by atoms with Crippen molar-refractivity contribution >= 4 is 18.4 Å². The van der Waals surface area contributed by atoms with Crippen LogP contribution in [0.4, 0.5) is 0 Å². The van der Waals surface area contributed by atoms with Crippen LogP contribution >= 0.6 is 0 Å². The number of hydrogen-bond donors (Lipinski definition) is 0. The van der Waals surface area contributed by atoms with Crippen molar-refractivity contribution in [2.75, 3.05) is 26.4 Å². The van der Waals surface area contributed by atoms with Crippen molar-refractivity contribution in [3.8, 4) is 5.75 Å². The second-order valence-electron chi connectivity index (χ2n) is 16.8. The van der Waals surface area contributed by atoms with Gasteiger partial charge in [0.25, 0.3) is 10.1 Å². The largest absolute Gasteiger partial charge is 0.494 e. The fourth-order valence-electron chi connectivity index (χ4n) is 8.21. The minimum absolute atomic E-state index is 0.0269. The van der Waals surface area contributed by atoms with Gasteiger partial charge < -0.3 is 18.6 Å². The van der Waals surface area contributed by atoms with E-state index in [2.05, 4.69) is 47.7 Å². The van der Waals surface area contributed by atoms with Crippen LogP contribution in [-0.4, -0.2) is 55.6 Å². The highest BCUT2D eigenvalue weighted by atomic mass is 32.2. The molecule has 9 heteroatoms. The van der Waals surface area contributed by atoms with Crippen LogP contribution in [0.5, 0.6) is 5.75 Å². The second-order valence-corrected chi connectivity index (χ2v) is 23.2. The maximum atomic E-state index is 13.2. The molecule has 7 nitrogen and oxygen atoms in total. The van der Waals surface area contributed by atoms with Crippen LogP contribution in [0, 0.1) is 23.2 Å². The highest BCUT2D eigenvalue weighted by molar-refractivity contribution is 7.86. The summed E-state index contributed by atoms with van der Waals surface area (Å²) in [5.74, 6) is 1.81. The Bertz CT molecular complexity index is 1190. The standard InChI is InChI=1S/C39H68O7SSi/c1-31(34-24-25-35-36(18-17-26-39(34,35)5)46-48(6,7)38(2,3)4)30-45-47(40,41)33-22-20-32(21-23-33)42-27-14-11-9-8-10-12-15-28-43-37-19-13-16-29-44-37/h20-23,31,34-37H,8-19,24-30H2,1-7H3/t31-,34+,35-,36-,37?,39+/m0/s1. The molecule has 4 rings (SSSR count). The van der Waals surface area contributed by atoms with Gasteiger partial charge in [-0.3, -0.25) is 4.18 Å². The highest BCUT2D eigenvalue weighted by Crippen LogP contribution is 2.59. The van der Waals surface area contributed by atoms with Gasteiger partial charge in [-0.15, -0.1) is 0 Å². The summed E-state index contributed by atoms with van der Waals surface area (Å²) in [7, 11) is -5.70. The molecule has 1 saturated heterocycles.